The Labute approximate surface area is 118 Å². The molecule has 1 atom stereocenters. The van der Waals surface area contributed by atoms with Crippen molar-refractivity contribution in [2.75, 3.05) is 25.2 Å². The molecule has 20 heavy (non-hydrogen) atoms. The molecule has 0 fully saturated rings. The van der Waals surface area contributed by atoms with E-state index in [0.717, 1.165) is 0 Å². The molecule has 0 aliphatic carbocycles. The van der Waals surface area contributed by atoms with Crippen molar-refractivity contribution < 1.29 is 22.7 Å². The van der Waals surface area contributed by atoms with Crippen molar-refractivity contribution in [2.24, 2.45) is 0 Å². The van der Waals surface area contributed by atoms with Crippen LogP contribution in [0.5, 0.6) is 5.75 Å². The molecule has 0 saturated carbocycles. The molecular formula is C12H18N2O5S. The summed E-state index contributed by atoms with van der Waals surface area (Å²) in [6.45, 7) is 1.36. The summed E-state index contributed by atoms with van der Waals surface area (Å²) in [6, 6.07) is 5.74. The topological polar surface area (TPSA) is 108 Å². The third-order valence-corrected chi connectivity index (χ3v) is 3.81. The van der Waals surface area contributed by atoms with Crippen LogP contribution < -0.4 is 15.2 Å². The second-order valence-electron chi connectivity index (χ2n) is 4.10. The van der Waals surface area contributed by atoms with Gasteiger partial charge in [0.1, 0.15) is 18.4 Å². The van der Waals surface area contributed by atoms with E-state index in [1.807, 2.05) is 0 Å². The lowest BCUT2D eigenvalue weighted by Gasteiger charge is -2.12. The number of esters is 1. The van der Waals surface area contributed by atoms with E-state index < -0.39 is 22.0 Å². The molecule has 0 aliphatic heterocycles. The van der Waals surface area contributed by atoms with Gasteiger partial charge in [-0.15, -0.1) is 0 Å². The number of rotatable bonds is 7. The predicted octanol–water partition coefficient (Wildman–Crippen LogP) is 0.128. The van der Waals surface area contributed by atoms with Crippen molar-refractivity contribution in [3.63, 3.8) is 0 Å². The van der Waals surface area contributed by atoms with Crippen LogP contribution in [0.1, 0.15) is 6.92 Å². The van der Waals surface area contributed by atoms with Crippen LogP contribution in [0.15, 0.2) is 24.3 Å². The lowest BCUT2D eigenvalue weighted by molar-refractivity contribution is -0.142. The normalized spacial score (nSPS) is 12.7. The minimum atomic E-state index is -3.62. The number of nitrogen functional groups attached to an aromatic ring is 1. The number of carbonyl (C=O) groups excluding carboxylic acids is 1. The largest absolute Gasteiger partial charge is 0.492 e. The summed E-state index contributed by atoms with van der Waals surface area (Å²) in [5.74, 6) is -0.435. The van der Waals surface area contributed by atoms with E-state index in [0.29, 0.717) is 11.4 Å². The number of hydrogen-bond acceptors (Lipinski definition) is 6. The molecule has 1 aromatic carbocycles. The number of sulfonamides is 1. The summed E-state index contributed by atoms with van der Waals surface area (Å²) in [5.41, 5.74) is 6.10. The van der Waals surface area contributed by atoms with Gasteiger partial charge < -0.3 is 15.2 Å². The van der Waals surface area contributed by atoms with Crippen LogP contribution in [0.4, 0.5) is 5.69 Å². The van der Waals surface area contributed by atoms with E-state index in [1.54, 1.807) is 24.3 Å². The number of benzene rings is 1. The molecule has 1 rings (SSSR count). The van der Waals surface area contributed by atoms with Gasteiger partial charge in [-0.2, -0.15) is 0 Å². The van der Waals surface area contributed by atoms with Crippen molar-refractivity contribution in [2.45, 2.75) is 13.0 Å². The highest BCUT2D eigenvalue weighted by Gasteiger charge is 2.20. The first kappa shape index (κ1) is 16.3. The van der Waals surface area contributed by atoms with E-state index in [1.165, 1.54) is 14.0 Å². The number of nitrogens with one attached hydrogen (secondary N) is 1. The number of nitrogens with two attached hydrogens (primary N) is 1. The molecule has 0 aliphatic rings. The van der Waals surface area contributed by atoms with Crippen molar-refractivity contribution in [3.05, 3.63) is 24.3 Å². The fraction of sp³-hybridized carbons (Fsp3) is 0.417. The Morgan fingerprint density at radius 3 is 2.75 bits per heavy atom. The molecule has 0 heterocycles. The first-order chi connectivity index (χ1) is 9.34. The number of ether oxygens (including phenoxy) is 2. The maximum atomic E-state index is 11.7. The highest BCUT2D eigenvalue weighted by molar-refractivity contribution is 7.89. The zero-order valence-electron chi connectivity index (χ0n) is 11.3. The lowest BCUT2D eigenvalue weighted by atomic mass is 10.3. The molecule has 0 amide bonds. The molecule has 0 radical (unpaired) electrons. The van der Waals surface area contributed by atoms with Crippen molar-refractivity contribution in [3.8, 4) is 5.75 Å². The monoisotopic (exact) mass is 302 g/mol. The van der Waals surface area contributed by atoms with Gasteiger partial charge in [0.25, 0.3) is 0 Å². The van der Waals surface area contributed by atoms with E-state index in [2.05, 4.69) is 9.46 Å². The van der Waals surface area contributed by atoms with Crippen LogP contribution in [0.3, 0.4) is 0 Å². The van der Waals surface area contributed by atoms with Crippen molar-refractivity contribution in [1.29, 1.82) is 0 Å². The Morgan fingerprint density at radius 2 is 2.15 bits per heavy atom. The third-order valence-electron chi connectivity index (χ3n) is 2.39. The zero-order valence-corrected chi connectivity index (χ0v) is 12.1. The Kier molecular flexibility index (Phi) is 5.78. The van der Waals surface area contributed by atoms with Crippen LogP contribution in [0.25, 0.3) is 0 Å². The van der Waals surface area contributed by atoms with Gasteiger partial charge in [0.2, 0.25) is 10.0 Å². The van der Waals surface area contributed by atoms with Gasteiger partial charge in [0.15, 0.2) is 0 Å². The number of anilines is 1. The van der Waals surface area contributed by atoms with E-state index in [9.17, 15) is 13.2 Å². The van der Waals surface area contributed by atoms with Gasteiger partial charge in [-0.25, -0.2) is 13.1 Å². The second kappa shape index (κ2) is 7.11. The minimum absolute atomic E-state index is 0.0489. The van der Waals surface area contributed by atoms with Crippen LogP contribution in [0, 0.1) is 0 Å². The second-order valence-corrected chi connectivity index (χ2v) is 5.98. The summed E-state index contributed by atoms with van der Waals surface area (Å²) < 4.78 is 35.3. The maximum Gasteiger partial charge on any atom is 0.323 e. The van der Waals surface area contributed by atoms with Crippen LogP contribution in [-0.4, -0.2) is 39.9 Å². The van der Waals surface area contributed by atoms with E-state index in [-0.39, 0.29) is 12.4 Å². The smallest absolute Gasteiger partial charge is 0.323 e. The standard InChI is InChI=1S/C12H18N2O5S/c1-9(12(15)18-2)14-20(16,17)7-6-19-11-5-3-4-10(13)8-11/h3-5,8-9,14H,6-7,13H2,1-2H3. The van der Waals surface area contributed by atoms with Gasteiger partial charge in [-0.3, -0.25) is 4.79 Å². The number of carbonyl (C=O) groups is 1. The van der Waals surface area contributed by atoms with Gasteiger partial charge in [0, 0.05) is 11.8 Å². The first-order valence-corrected chi connectivity index (χ1v) is 7.55. The highest BCUT2D eigenvalue weighted by Crippen LogP contribution is 2.14. The predicted molar refractivity (Wildman–Crippen MR) is 74.7 cm³/mol. The summed E-state index contributed by atoms with van der Waals surface area (Å²) >= 11 is 0. The molecule has 8 heteroatoms. The maximum absolute atomic E-state index is 11.7. The average molecular weight is 302 g/mol. The Hall–Kier alpha value is -1.80. The molecule has 3 N–H and O–H groups in total. The summed E-state index contributed by atoms with van der Waals surface area (Å²) in [5, 5.41) is 0. The fourth-order valence-electron chi connectivity index (χ4n) is 1.43. The Balaban J connectivity index is 2.46. The van der Waals surface area contributed by atoms with Crippen LogP contribution in [-0.2, 0) is 19.6 Å². The summed E-state index contributed by atoms with van der Waals surface area (Å²) in [6.07, 6.45) is 0. The van der Waals surface area contributed by atoms with Crippen molar-refractivity contribution >= 4 is 21.7 Å². The molecule has 0 spiro atoms. The van der Waals surface area contributed by atoms with E-state index in [4.69, 9.17) is 10.5 Å². The summed E-state index contributed by atoms with van der Waals surface area (Å²) in [4.78, 5) is 11.1. The molecule has 0 bridgehead atoms. The third kappa shape index (κ3) is 5.45. The summed E-state index contributed by atoms with van der Waals surface area (Å²) in [7, 11) is -2.43. The average Bonchev–Trinajstić information content (AvgIpc) is 2.37. The molecule has 1 aromatic rings. The SMILES string of the molecule is COC(=O)C(C)NS(=O)(=O)CCOc1cccc(N)c1. The zero-order chi connectivity index (χ0) is 15.2. The fourth-order valence-corrected chi connectivity index (χ4v) is 2.48. The molecule has 0 saturated heterocycles. The quantitative estimate of drug-likeness (QED) is 0.547. The number of methoxy groups -OCH3 is 1. The minimum Gasteiger partial charge on any atom is -0.492 e. The molecule has 112 valence electrons. The first-order valence-electron chi connectivity index (χ1n) is 5.90. The number of hydrogen-bond donors (Lipinski definition) is 2. The van der Waals surface area contributed by atoms with Gasteiger partial charge in [0.05, 0.1) is 12.9 Å². The van der Waals surface area contributed by atoms with Crippen molar-refractivity contribution in [1.82, 2.24) is 4.72 Å². The van der Waals surface area contributed by atoms with Crippen LogP contribution >= 0.6 is 0 Å². The van der Waals surface area contributed by atoms with Gasteiger partial charge >= 0.3 is 5.97 Å². The molecular weight excluding hydrogens is 284 g/mol. The highest BCUT2D eigenvalue weighted by atomic mass is 32.2. The Bertz CT molecular complexity index is 559. The van der Waals surface area contributed by atoms with Gasteiger partial charge in [-0.1, -0.05) is 6.07 Å². The van der Waals surface area contributed by atoms with E-state index >= 15 is 0 Å². The van der Waals surface area contributed by atoms with Crippen LogP contribution in [0.2, 0.25) is 0 Å². The molecule has 0 aromatic heterocycles. The lowest BCUT2D eigenvalue weighted by Crippen LogP contribution is -2.41. The Morgan fingerprint density at radius 1 is 1.45 bits per heavy atom. The molecule has 1 unspecified atom stereocenters. The van der Waals surface area contributed by atoms with Gasteiger partial charge in [-0.05, 0) is 19.1 Å². The molecule has 7 nitrogen and oxygen atoms in total.